The molecule has 178 valence electrons. The SMILES string of the molecule is Cc1ccc(-c2noc(CC(O[Si](C)(C)C(C)(C)C)C(=O)O[Si](C)(C)C(C)(C)C)n2)nc1. The van der Waals surface area contributed by atoms with E-state index in [0.29, 0.717) is 17.4 Å². The first-order chi connectivity index (χ1) is 14.4. The van der Waals surface area contributed by atoms with Gasteiger partial charge < -0.3 is 13.4 Å². The van der Waals surface area contributed by atoms with Crippen LogP contribution in [0.25, 0.3) is 11.5 Å². The van der Waals surface area contributed by atoms with Crippen LogP contribution in [0, 0.1) is 6.92 Å². The van der Waals surface area contributed by atoms with Crippen LogP contribution >= 0.6 is 0 Å². The summed E-state index contributed by atoms with van der Waals surface area (Å²) in [6.45, 7) is 23.1. The van der Waals surface area contributed by atoms with Crippen molar-refractivity contribution in [2.24, 2.45) is 0 Å². The van der Waals surface area contributed by atoms with Crippen LogP contribution in [0.3, 0.4) is 0 Å². The van der Waals surface area contributed by atoms with Crippen LogP contribution in [0.5, 0.6) is 0 Å². The third-order valence-electron chi connectivity index (χ3n) is 6.64. The number of aryl methyl sites for hydroxylation is 1. The average molecular weight is 478 g/mol. The molecule has 2 aromatic heterocycles. The summed E-state index contributed by atoms with van der Waals surface area (Å²) in [7, 11) is -4.57. The Morgan fingerprint density at radius 2 is 1.62 bits per heavy atom. The zero-order valence-electron chi connectivity index (χ0n) is 21.5. The molecule has 0 saturated heterocycles. The molecule has 32 heavy (non-hydrogen) atoms. The van der Waals surface area contributed by atoms with Crippen molar-refractivity contribution in [1.82, 2.24) is 15.1 Å². The molecule has 0 aromatic carbocycles. The summed E-state index contributed by atoms with van der Waals surface area (Å²) in [5.41, 5.74) is 1.67. The second kappa shape index (κ2) is 9.19. The lowest BCUT2D eigenvalue weighted by molar-refractivity contribution is -0.144. The Bertz CT molecular complexity index is 926. The molecule has 1 unspecified atom stereocenters. The van der Waals surface area contributed by atoms with Gasteiger partial charge >= 0.3 is 5.97 Å². The Labute approximate surface area is 194 Å². The number of rotatable bonds is 7. The average Bonchev–Trinajstić information content (AvgIpc) is 3.07. The number of hydrogen-bond donors (Lipinski definition) is 0. The zero-order chi connectivity index (χ0) is 24.5. The number of aromatic nitrogens is 3. The molecule has 7 nitrogen and oxygen atoms in total. The summed E-state index contributed by atoms with van der Waals surface area (Å²) in [4.78, 5) is 22.2. The van der Waals surface area contributed by atoms with E-state index < -0.39 is 22.7 Å². The van der Waals surface area contributed by atoms with Crippen molar-refractivity contribution in [3.63, 3.8) is 0 Å². The maximum Gasteiger partial charge on any atom is 0.321 e. The van der Waals surface area contributed by atoms with Crippen molar-refractivity contribution in [3.05, 3.63) is 29.8 Å². The molecule has 0 bridgehead atoms. The van der Waals surface area contributed by atoms with Gasteiger partial charge in [0.05, 0.1) is 6.42 Å². The van der Waals surface area contributed by atoms with Crippen LogP contribution in [-0.2, 0) is 20.1 Å². The second-order valence-electron chi connectivity index (χ2n) is 11.5. The minimum absolute atomic E-state index is 0.0612. The lowest BCUT2D eigenvalue weighted by Crippen LogP contribution is -2.50. The van der Waals surface area contributed by atoms with Crippen LogP contribution in [0.2, 0.25) is 36.3 Å². The molecule has 1 atom stereocenters. The molecule has 0 spiro atoms. The predicted molar refractivity (Wildman–Crippen MR) is 131 cm³/mol. The van der Waals surface area contributed by atoms with Gasteiger partial charge in [-0.3, -0.25) is 9.78 Å². The number of nitrogens with zero attached hydrogens (tertiary/aromatic N) is 3. The molecule has 2 aromatic rings. The van der Waals surface area contributed by atoms with Crippen molar-refractivity contribution >= 4 is 22.6 Å². The minimum Gasteiger partial charge on any atom is -0.517 e. The van der Waals surface area contributed by atoms with Gasteiger partial charge in [-0.2, -0.15) is 4.98 Å². The van der Waals surface area contributed by atoms with Crippen molar-refractivity contribution < 1.29 is 18.2 Å². The van der Waals surface area contributed by atoms with Gasteiger partial charge in [-0.15, -0.1) is 0 Å². The molecule has 2 heterocycles. The van der Waals surface area contributed by atoms with Gasteiger partial charge in [-0.1, -0.05) is 52.8 Å². The van der Waals surface area contributed by atoms with Gasteiger partial charge in [0.1, 0.15) is 5.69 Å². The second-order valence-corrected chi connectivity index (χ2v) is 21.0. The molecule has 0 aliphatic heterocycles. The van der Waals surface area contributed by atoms with Crippen LogP contribution < -0.4 is 0 Å². The van der Waals surface area contributed by atoms with Crippen molar-refractivity contribution in [2.75, 3.05) is 0 Å². The first kappa shape index (κ1) is 26.4. The van der Waals surface area contributed by atoms with E-state index in [1.54, 1.807) is 6.20 Å². The van der Waals surface area contributed by atoms with E-state index in [-0.39, 0.29) is 22.5 Å². The van der Waals surface area contributed by atoms with Crippen molar-refractivity contribution in [3.8, 4) is 11.5 Å². The van der Waals surface area contributed by atoms with Crippen LogP contribution in [-0.4, -0.2) is 43.8 Å². The molecule has 0 aliphatic carbocycles. The maximum atomic E-state index is 13.3. The molecule has 0 radical (unpaired) electrons. The monoisotopic (exact) mass is 477 g/mol. The van der Waals surface area contributed by atoms with Gasteiger partial charge in [-0.05, 0) is 54.8 Å². The summed E-state index contributed by atoms with van der Waals surface area (Å²) in [6, 6.07) is 3.79. The third kappa shape index (κ3) is 6.35. The van der Waals surface area contributed by atoms with Crippen LogP contribution in [0.15, 0.2) is 22.9 Å². The lowest BCUT2D eigenvalue weighted by Gasteiger charge is -2.40. The molecule has 0 fully saturated rings. The van der Waals surface area contributed by atoms with Gasteiger partial charge in [0, 0.05) is 6.20 Å². The fraction of sp³-hybridized carbons (Fsp3) is 0.652. The summed E-state index contributed by atoms with van der Waals surface area (Å²) in [5, 5.41) is 3.89. The smallest absolute Gasteiger partial charge is 0.321 e. The minimum atomic E-state index is -2.31. The highest BCUT2D eigenvalue weighted by atomic mass is 28.4. The highest BCUT2D eigenvalue weighted by Gasteiger charge is 2.45. The number of carbonyl (C=O) groups is 1. The molecular weight excluding hydrogens is 438 g/mol. The quantitative estimate of drug-likeness (QED) is 0.457. The Morgan fingerprint density at radius 3 is 2.12 bits per heavy atom. The van der Waals surface area contributed by atoms with Crippen LogP contribution in [0.4, 0.5) is 0 Å². The molecule has 9 heteroatoms. The first-order valence-corrected chi connectivity index (χ1v) is 16.9. The fourth-order valence-corrected chi connectivity index (χ4v) is 4.56. The first-order valence-electron chi connectivity index (χ1n) is 11.1. The van der Waals surface area contributed by atoms with Gasteiger partial charge in [0.25, 0.3) is 8.32 Å². The fourth-order valence-electron chi connectivity index (χ4n) is 2.38. The zero-order valence-corrected chi connectivity index (χ0v) is 23.5. The largest absolute Gasteiger partial charge is 0.517 e. The predicted octanol–water partition coefficient (Wildman–Crippen LogP) is 5.92. The molecule has 2 rings (SSSR count). The molecule has 0 saturated carbocycles. The van der Waals surface area contributed by atoms with Gasteiger partial charge in [0.15, 0.2) is 14.4 Å². The van der Waals surface area contributed by atoms with E-state index in [1.807, 2.05) is 19.1 Å². The Morgan fingerprint density at radius 1 is 1.03 bits per heavy atom. The van der Waals surface area contributed by atoms with E-state index in [4.69, 9.17) is 13.4 Å². The lowest BCUT2D eigenvalue weighted by atomic mass is 10.2. The van der Waals surface area contributed by atoms with E-state index in [2.05, 4.69) is 82.9 Å². The van der Waals surface area contributed by atoms with E-state index in [0.717, 1.165) is 5.56 Å². The Kier molecular flexibility index (Phi) is 7.58. The molecular formula is C23H39N3O4Si2. The number of carbonyl (C=O) groups excluding carboxylic acids is 1. The van der Waals surface area contributed by atoms with E-state index >= 15 is 0 Å². The van der Waals surface area contributed by atoms with E-state index in [1.165, 1.54) is 0 Å². The van der Waals surface area contributed by atoms with E-state index in [9.17, 15) is 4.79 Å². The normalized spacial score (nSPS) is 14.3. The summed E-state index contributed by atoms with van der Waals surface area (Å²) < 4.78 is 18.1. The van der Waals surface area contributed by atoms with Crippen molar-refractivity contribution in [2.45, 2.75) is 97.3 Å². The van der Waals surface area contributed by atoms with Crippen LogP contribution in [0.1, 0.15) is 53.0 Å². The summed E-state index contributed by atoms with van der Waals surface area (Å²) in [5.74, 6) is 0.372. The highest BCUT2D eigenvalue weighted by molar-refractivity contribution is 6.76. The third-order valence-corrected chi connectivity index (χ3v) is 15.4. The summed E-state index contributed by atoms with van der Waals surface area (Å²) in [6.07, 6.45) is 1.12. The standard InChI is InChI=1S/C23H39N3O4Si2/c1-16-12-13-17(24-15-16)20-25-19(28-26-20)14-18(29-31(8,9)22(2,3)4)21(27)30-32(10,11)23(5,6)7/h12-13,15,18H,14H2,1-11H3. The van der Waals surface area contributed by atoms with Gasteiger partial charge in [0.2, 0.25) is 11.7 Å². The van der Waals surface area contributed by atoms with Gasteiger partial charge in [-0.25, -0.2) is 0 Å². The molecule has 0 amide bonds. The maximum absolute atomic E-state index is 13.3. The molecule has 0 aliphatic rings. The number of pyridine rings is 1. The number of hydrogen-bond acceptors (Lipinski definition) is 7. The highest BCUT2D eigenvalue weighted by Crippen LogP contribution is 2.39. The van der Waals surface area contributed by atoms with Crippen molar-refractivity contribution in [1.29, 1.82) is 0 Å². The topological polar surface area (TPSA) is 87.3 Å². The Balaban J connectivity index is 2.31. The molecule has 0 N–H and O–H groups in total. The Hall–Kier alpha value is -1.85. The summed E-state index contributed by atoms with van der Waals surface area (Å²) >= 11 is 0.